The summed E-state index contributed by atoms with van der Waals surface area (Å²) >= 11 is 5.92. The van der Waals surface area contributed by atoms with Crippen molar-refractivity contribution in [2.24, 2.45) is 0 Å². The summed E-state index contributed by atoms with van der Waals surface area (Å²) in [5, 5.41) is 0.492. The van der Waals surface area contributed by atoms with E-state index in [-0.39, 0.29) is 11.5 Å². The molecule has 6 heteroatoms. The van der Waals surface area contributed by atoms with Crippen LogP contribution in [0.5, 0.6) is 5.75 Å². The molecule has 3 aromatic rings. The third-order valence-corrected chi connectivity index (χ3v) is 6.43. The Morgan fingerprint density at radius 1 is 0.885 bits per heavy atom. The fourth-order valence-corrected chi connectivity index (χ4v) is 4.85. The molecular formula is C20H16ClNO3S. The zero-order valence-electron chi connectivity index (χ0n) is 13.7. The highest BCUT2D eigenvalue weighted by Gasteiger charge is 2.37. The van der Waals surface area contributed by atoms with E-state index in [9.17, 15) is 8.42 Å². The summed E-state index contributed by atoms with van der Waals surface area (Å²) in [5.41, 5.74) is 1.40. The van der Waals surface area contributed by atoms with Crippen molar-refractivity contribution in [2.45, 2.75) is 10.9 Å². The summed E-state index contributed by atoms with van der Waals surface area (Å²) in [6.07, 6.45) is 0. The second kappa shape index (κ2) is 6.67. The zero-order valence-corrected chi connectivity index (χ0v) is 15.3. The van der Waals surface area contributed by atoms with E-state index < -0.39 is 16.1 Å². The Kier molecular flexibility index (Phi) is 4.34. The van der Waals surface area contributed by atoms with Crippen molar-refractivity contribution < 1.29 is 13.2 Å². The predicted octanol–water partition coefficient (Wildman–Crippen LogP) is 4.67. The number of anilines is 1. The molecule has 1 aliphatic rings. The maximum Gasteiger partial charge on any atom is 0.265 e. The maximum atomic E-state index is 13.5. The molecule has 1 heterocycles. The molecule has 0 saturated heterocycles. The van der Waals surface area contributed by atoms with Crippen LogP contribution in [0.15, 0.2) is 83.8 Å². The number of ether oxygens (including phenoxy) is 1. The van der Waals surface area contributed by atoms with Gasteiger partial charge in [-0.3, -0.25) is 4.31 Å². The third kappa shape index (κ3) is 2.93. The van der Waals surface area contributed by atoms with Crippen LogP contribution < -0.4 is 9.04 Å². The lowest BCUT2D eigenvalue weighted by Crippen LogP contribution is -2.41. The van der Waals surface area contributed by atoms with Gasteiger partial charge in [0.1, 0.15) is 18.4 Å². The molecule has 0 unspecified atom stereocenters. The Labute approximate surface area is 157 Å². The maximum absolute atomic E-state index is 13.5. The Hall–Kier alpha value is -2.50. The molecule has 4 rings (SSSR count). The predicted molar refractivity (Wildman–Crippen MR) is 102 cm³/mol. The van der Waals surface area contributed by atoms with Crippen molar-refractivity contribution in [1.82, 2.24) is 0 Å². The van der Waals surface area contributed by atoms with E-state index in [4.69, 9.17) is 16.3 Å². The van der Waals surface area contributed by atoms with Gasteiger partial charge >= 0.3 is 0 Å². The van der Waals surface area contributed by atoms with Gasteiger partial charge in [-0.2, -0.15) is 0 Å². The summed E-state index contributed by atoms with van der Waals surface area (Å²) in [4.78, 5) is 0.194. The molecule has 0 aromatic heterocycles. The molecule has 3 aromatic carbocycles. The van der Waals surface area contributed by atoms with E-state index in [1.165, 1.54) is 16.4 Å². The number of sulfonamides is 1. The number of halogens is 1. The van der Waals surface area contributed by atoms with Crippen molar-refractivity contribution >= 4 is 27.3 Å². The van der Waals surface area contributed by atoms with Crippen molar-refractivity contribution in [2.75, 3.05) is 10.9 Å². The van der Waals surface area contributed by atoms with Gasteiger partial charge in [0.15, 0.2) is 0 Å². The first kappa shape index (κ1) is 16.9. The molecule has 0 spiro atoms. The smallest absolute Gasteiger partial charge is 0.265 e. The first-order valence-corrected chi connectivity index (χ1v) is 9.96. The number of rotatable bonds is 3. The van der Waals surface area contributed by atoms with Crippen LogP contribution in [0.3, 0.4) is 0 Å². The van der Waals surface area contributed by atoms with Crippen LogP contribution in [-0.2, 0) is 10.0 Å². The molecule has 1 atom stereocenters. The van der Waals surface area contributed by atoms with Gasteiger partial charge in [-0.05, 0) is 42.0 Å². The lowest BCUT2D eigenvalue weighted by atomic mass is 10.1. The van der Waals surface area contributed by atoms with Gasteiger partial charge in [-0.1, -0.05) is 54.1 Å². The highest BCUT2D eigenvalue weighted by molar-refractivity contribution is 7.92. The summed E-state index contributed by atoms with van der Waals surface area (Å²) in [6.45, 7) is 0.244. The molecule has 132 valence electrons. The molecule has 0 aliphatic carbocycles. The van der Waals surface area contributed by atoms with Crippen molar-refractivity contribution in [3.63, 3.8) is 0 Å². The van der Waals surface area contributed by atoms with Gasteiger partial charge in [0.05, 0.1) is 10.6 Å². The number of benzene rings is 3. The van der Waals surface area contributed by atoms with Crippen LogP contribution in [0.4, 0.5) is 5.69 Å². The third-order valence-electron chi connectivity index (χ3n) is 4.34. The average molecular weight is 386 g/mol. The average Bonchev–Trinajstić information content (AvgIpc) is 2.68. The zero-order chi connectivity index (χ0) is 18.1. The van der Waals surface area contributed by atoms with Crippen LogP contribution >= 0.6 is 11.6 Å². The molecule has 0 bridgehead atoms. The minimum atomic E-state index is -3.79. The van der Waals surface area contributed by atoms with Crippen molar-refractivity contribution in [1.29, 1.82) is 0 Å². The van der Waals surface area contributed by atoms with Gasteiger partial charge in [0, 0.05) is 5.02 Å². The number of fused-ring (bicyclic) bond motifs is 1. The number of nitrogens with zero attached hydrogens (tertiary/aromatic N) is 1. The number of hydrogen-bond donors (Lipinski definition) is 0. The summed E-state index contributed by atoms with van der Waals surface area (Å²) < 4.78 is 34.2. The molecule has 0 radical (unpaired) electrons. The van der Waals surface area contributed by atoms with Crippen LogP contribution in [0.25, 0.3) is 0 Å². The summed E-state index contributed by atoms with van der Waals surface area (Å²) in [5.74, 6) is 0.553. The first-order valence-electron chi connectivity index (χ1n) is 8.14. The Balaban J connectivity index is 1.89. The van der Waals surface area contributed by atoms with E-state index in [0.29, 0.717) is 16.5 Å². The minimum absolute atomic E-state index is 0.194. The van der Waals surface area contributed by atoms with E-state index in [1.54, 1.807) is 30.3 Å². The molecular weight excluding hydrogens is 370 g/mol. The Morgan fingerprint density at radius 2 is 1.54 bits per heavy atom. The minimum Gasteiger partial charge on any atom is -0.489 e. The Morgan fingerprint density at radius 3 is 2.27 bits per heavy atom. The van der Waals surface area contributed by atoms with Crippen LogP contribution in [0.2, 0.25) is 5.02 Å². The van der Waals surface area contributed by atoms with Gasteiger partial charge in [0.2, 0.25) is 0 Å². The normalized spacial score (nSPS) is 16.7. The quantitative estimate of drug-likeness (QED) is 0.658. The summed E-state index contributed by atoms with van der Waals surface area (Å²) in [7, 11) is -3.79. The van der Waals surface area contributed by atoms with Crippen LogP contribution in [-0.4, -0.2) is 15.0 Å². The Bertz CT molecular complexity index is 1020. The summed E-state index contributed by atoms with van der Waals surface area (Å²) in [6, 6.07) is 22.4. The fraction of sp³-hybridized carbons (Fsp3) is 0.100. The second-order valence-corrected chi connectivity index (χ2v) is 8.21. The molecule has 0 saturated carbocycles. The van der Waals surface area contributed by atoms with E-state index in [2.05, 4.69) is 0 Å². The first-order chi connectivity index (χ1) is 12.6. The van der Waals surface area contributed by atoms with E-state index >= 15 is 0 Å². The van der Waals surface area contributed by atoms with E-state index in [0.717, 1.165) is 5.56 Å². The van der Waals surface area contributed by atoms with Crippen LogP contribution in [0.1, 0.15) is 11.6 Å². The number of hydrogen-bond acceptors (Lipinski definition) is 3. The van der Waals surface area contributed by atoms with Gasteiger partial charge < -0.3 is 4.74 Å². The molecule has 0 amide bonds. The molecule has 4 nitrogen and oxygen atoms in total. The second-order valence-electron chi connectivity index (χ2n) is 5.96. The van der Waals surface area contributed by atoms with E-state index in [1.807, 2.05) is 36.4 Å². The molecule has 0 fully saturated rings. The molecule has 0 N–H and O–H groups in total. The van der Waals surface area contributed by atoms with Crippen LogP contribution in [0, 0.1) is 0 Å². The van der Waals surface area contributed by atoms with Gasteiger partial charge in [-0.15, -0.1) is 0 Å². The lowest BCUT2D eigenvalue weighted by molar-refractivity contribution is 0.275. The highest BCUT2D eigenvalue weighted by atomic mass is 35.5. The highest BCUT2D eigenvalue weighted by Crippen LogP contribution is 2.42. The monoisotopic (exact) mass is 385 g/mol. The molecule has 26 heavy (non-hydrogen) atoms. The van der Waals surface area contributed by atoms with Crippen molar-refractivity contribution in [3.8, 4) is 5.75 Å². The topological polar surface area (TPSA) is 46.6 Å². The van der Waals surface area contributed by atoms with Gasteiger partial charge in [0.25, 0.3) is 10.0 Å². The SMILES string of the molecule is O=S(=O)(c1ccc(Cl)cc1)N1c2ccccc2OC[C@H]1c1ccccc1. The fourth-order valence-electron chi connectivity index (χ4n) is 3.09. The van der Waals surface area contributed by atoms with Crippen molar-refractivity contribution in [3.05, 3.63) is 89.4 Å². The lowest BCUT2D eigenvalue weighted by Gasteiger charge is -2.37. The largest absolute Gasteiger partial charge is 0.489 e. The van der Waals surface area contributed by atoms with Gasteiger partial charge in [-0.25, -0.2) is 8.42 Å². The number of para-hydroxylation sites is 2. The standard InChI is InChI=1S/C20H16ClNO3S/c21-16-10-12-17(13-11-16)26(23,24)22-18-8-4-5-9-20(18)25-14-19(22)15-6-2-1-3-7-15/h1-13,19H,14H2/t19-/m0/s1. The molecule has 1 aliphatic heterocycles.